The van der Waals surface area contributed by atoms with Gasteiger partial charge in [-0.05, 0) is 19.1 Å². The maximum atomic E-state index is 10.8. The van der Waals surface area contributed by atoms with Crippen molar-refractivity contribution < 1.29 is 19.7 Å². The van der Waals surface area contributed by atoms with Crippen LogP contribution in [0.1, 0.15) is 17.3 Å². The minimum absolute atomic E-state index is 0.139. The first-order valence-corrected chi connectivity index (χ1v) is 4.54. The van der Waals surface area contributed by atoms with Gasteiger partial charge in [-0.25, -0.2) is 4.79 Å². The third-order valence-electron chi connectivity index (χ3n) is 1.46. The standard InChI is InChI=1S/C8H8O2.C3H8O2/c1-10-8(9)7-5-3-2-4-6-7;1-3(5)2-4/h2-6H,1H3;3-5H,2H2,1H3. The summed E-state index contributed by atoms with van der Waals surface area (Å²) < 4.78 is 4.50. The van der Waals surface area contributed by atoms with Crippen molar-refractivity contribution in [3.8, 4) is 0 Å². The number of aliphatic hydroxyl groups excluding tert-OH is 2. The lowest BCUT2D eigenvalue weighted by Crippen LogP contribution is -2.03. The zero-order chi connectivity index (χ0) is 11.7. The summed E-state index contributed by atoms with van der Waals surface area (Å²) in [6, 6.07) is 8.88. The number of carbonyl (C=O) groups is 1. The number of ether oxygens (including phenoxy) is 1. The van der Waals surface area contributed by atoms with Gasteiger partial charge in [-0.1, -0.05) is 18.2 Å². The molecule has 0 aromatic heterocycles. The molecule has 0 spiro atoms. The van der Waals surface area contributed by atoms with Crippen LogP contribution in [-0.4, -0.2) is 36.0 Å². The van der Waals surface area contributed by atoms with Crippen molar-refractivity contribution >= 4 is 5.97 Å². The van der Waals surface area contributed by atoms with E-state index in [-0.39, 0.29) is 12.6 Å². The summed E-state index contributed by atoms with van der Waals surface area (Å²) in [4.78, 5) is 10.8. The predicted octanol–water partition coefficient (Wildman–Crippen LogP) is 0.833. The quantitative estimate of drug-likeness (QED) is 0.713. The average Bonchev–Trinajstić information content (AvgIpc) is 2.30. The highest BCUT2D eigenvalue weighted by Gasteiger charge is 2.00. The van der Waals surface area contributed by atoms with Crippen LogP contribution in [0.25, 0.3) is 0 Å². The van der Waals surface area contributed by atoms with Crippen molar-refractivity contribution in [2.75, 3.05) is 13.7 Å². The second kappa shape index (κ2) is 7.96. The largest absolute Gasteiger partial charge is 0.465 e. The van der Waals surface area contributed by atoms with Gasteiger partial charge >= 0.3 is 5.97 Å². The molecule has 0 heterocycles. The first kappa shape index (κ1) is 13.6. The normalized spacial score (nSPS) is 10.9. The van der Waals surface area contributed by atoms with E-state index >= 15 is 0 Å². The van der Waals surface area contributed by atoms with Gasteiger partial charge in [0.25, 0.3) is 0 Å². The number of hydrogen-bond acceptors (Lipinski definition) is 4. The molecule has 0 aliphatic carbocycles. The Hall–Kier alpha value is -1.39. The highest BCUT2D eigenvalue weighted by atomic mass is 16.5. The van der Waals surface area contributed by atoms with E-state index in [9.17, 15) is 4.79 Å². The van der Waals surface area contributed by atoms with E-state index in [4.69, 9.17) is 10.2 Å². The molecule has 1 rings (SSSR count). The van der Waals surface area contributed by atoms with E-state index in [0.717, 1.165) is 0 Å². The van der Waals surface area contributed by atoms with Crippen molar-refractivity contribution in [3.05, 3.63) is 35.9 Å². The van der Waals surface area contributed by atoms with Crippen molar-refractivity contribution in [1.82, 2.24) is 0 Å². The van der Waals surface area contributed by atoms with E-state index in [1.54, 1.807) is 24.3 Å². The molecular formula is C11H16O4. The molecule has 2 N–H and O–H groups in total. The lowest BCUT2D eigenvalue weighted by molar-refractivity contribution is 0.0600. The molecule has 15 heavy (non-hydrogen) atoms. The minimum atomic E-state index is -0.560. The topological polar surface area (TPSA) is 66.8 Å². The smallest absolute Gasteiger partial charge is 0.337 e. The Morgan fingerprint density at radius 1 is 1.40 bits per heavy atom. The van der Waals surface area contributed by atoms with Gasteiger partial charge in [0.05, 0.1) is 25.4 Å². The van der Waals surface area contributed by atoms with Crippen molar-refractivity contribution in [3.63, 3.8) is 0 Å². The lowest BCUT2D eigenvalue weighted by atomic mass is 10.2. The minimum Gasteiger partial charge on any atom is -0.465 e. The summed E-state index contributed by atoms with van der Waals surface area (Å²) in [7, 11) is 1.37. The van der Waals surface area contributed by atoms with Gasteiger partial charge in [-0.2, -0.15) is 0 Å². The highest BCUT2D eigenvalue weighted by molar-refractivity contribution is 5.89. The van der Waals surface area contributed by atoms with E-state index in [1.165, 1.54) is 14.0 Å². The molecule has 0 aliphatic rings. The molecule has 1 atom stereocenters. The van der Waals surface area contributed by atoms with Gasteiger partial charge in [-0.15, -0.1) is 0 Å². The molecule has 0 bridgehead atoms. The van der Waals surface area contributed by atoms with Crippen LogP contribution in [0.2, 0.25) is 0 Å². The zero-order valence-electron chi connectivity index (χ0n) is 8.88. The SMILES string of the molecule is CC(O)CO.COC(=O)c1ccccc1. The highest BCUT2D eigenvalue weighted by Crippen LogP contribution is 1.98. The molecule has 0 saturated carbocycles. The summed E-state index contributed by atoms with van der Waals surface area (Å²) in [5, 5.41) is 16.0. The second-order valence-corrected chi connectivity index (χ2v) is 2.89. The molecule has 1 aromatic carbocycles. The molecule has 4 heteroatoms. The van der Waals surface area contributed by atoms with E-state index in [1.807, 2.05) is 6.07 Å². The number of hydrogen-bond donors (Lipinski definition) is 2. The fourth-order valence-corrected chi connectivity index (χ4v) is 0.692. The first-order valence-electron chi connectivity index (χ1n) is 4.54. The zero-order valence-corrected chi connectivity index (χ0v) is 8.88. The van der Waals surface area contributed by atoms with Crippen LogP contribution in [-0.2, 0) is 4.74 Å². The molecule has 1 aromatic rings. The predicted molar refractivity (Wildman–Crippen MR) is 56.5 cm³/mol. The fourth-order valence-electron chi connectivity index (χ4n) is 0.692. The van der Waals surface area contributed by atoms with Gasteiger partial charge in [0.15, 0.2) is 0 Å². The Bertz CT molecular complexity index is 269. The number of rotatable bonds is 2. The van der Waals surface area contributed by atoms with E-state index in [0.29, 0.717) is 5.56 Å². The van der Waals surface area contributed by atoms with Gasteiger partial charge in [0.2, 0.25) is 0 Å². The molecule has 84 valence electrons. The monoisotopic (exact) mass is 212 g/mol. The third kappa shape index (κ3) is 6.65. The number of esters is 1. The summed E-state index contributed by atoms with van der Waals surface area (Å²) in [6.45, 7) is 1.39. The lowest BCUT2D eigenvalue weighted by Gasteiger charge is -1.95. The van der Waals surface area contributed by atoms with Crippen LogP contribution in [0, 0.1) is 0 Å². The Balaban J connectivity index is 0.000000336. The summed E-state index contributed by atoms with van der Waals surface area (Å²) in [5.41, 5.74) is 0.588. The Kier molecular flexibility index (Phi) is 7.23. The molecule has 0 fully saturated rings. The molecular weight excluding hydrogens is 196 g/mol. The molecule has 0 amide bonds. The summed E-state index contributed by atoms with van der Waals surface area (Å²) in [6.07, 6.45) is -0.560. The Labute approximate surface area is 89.1 Å². The number of benzene rings is 1. The van der Waals surface area contributed by atoms with Crippen molar-refractivity contribution in [1.29, 1.82) is 0 Å². The number of methoxy groups -OCH3 is 1. The van der Waals surface area contributed by atoms with Gasteiger partial charge in [-0.3, -0.25) is 0 Å². The summed E-state index contributed by atoms with van der Waals surface area (Å²) >= 11 is 0. The second-order valence-electron chi connectivity index (χ2n) is 2.89. The van der Waals surface area contributed by atoms with E-state index in [2.05, 4.69) is 4.74 Å². The van der Waals surface area contributed by atoms with Gasteiger partial charge in [0.1, 0.15) is 0 Å². The van der Waals surface area contributed by atoms with Gasteiger partial charge < -0.3 is 14.9 Å². The third-order valence-corrected chi connectivity index (χ3v) is 1.46. The molecule has 4 nitrogen and oxygen atoms in total. The number of carbonyl (C=O) groups excluding carboxylic acids is 1. The van der Waals surface area contributed by atoms with Crippen LogP contribution in [0.3, 0.4) is 0 Å². The Morgan fingerprint density at radius 2 is 1.87 bits per heavy atom. The van der Waals surface area contributed by atoms with Crippen LogP contribution in [0.5, 0.6) is 0 Å². The maximum absolute atomic E-state index is 10.8. The van der Waals surface area contributed by atoms with Crippen molar-refractivity contribution in [2.24, 2.45) is 0 Å². The van der Waals surface area contributed by atoms with Crippen molar-refractivity contribution in [2.45, 2.75) is 13.0 Å². The molecule has 1 unspecified atom stereocenters. The Morgan fingerprint density at radius 3 is 2.20 bits per heavy atom. The maximum Gasteiger partial charge on any atom is 0.337 e. The molecule has 0 saturated heterocycles. The van der Waals surface area contributed by atoms with E-state index < -0.39 is 6.10 Å². The van der Waals surface area contributed by atoms with Crippen LogP contribution < -0.4 is 0 Å². The molecule has 0 aliphatic heterocycles. The average molecular weight is 212 g/mol. The fraction of sp³-hybridized carbons (Fsp3) is 0.364. The van der Waals surface area contributed by atoms with Crippen LogP contribution in [0.4, 0.5) is 0 Å². The first-order chi connectivity index (χ1) is 7.11. The van der Waals surface area contributed by atoms with Crippen LogP contribution >= 0.6 is 0 Å². The summed E-state index contributed by atoms with van der Waals surface area (Å²) in [5.74, 6) is -0.291. The van der Waals surface area contributed by atoms with Gasteiger partial charge in [0, 0.05) is 0 Å². The molecule has 0 radical (unpaired) electrons. The van der Waals surface area contributed by atoms with Crippen LogP contribution in [0.15, 0.2) is 30.3 Å². The number of aliphatic hydroxyl groups is 2.